The fraction of sp³-hybridized carbons (Fsp3) is 0.125. The fourth-order valence-electron chi connectivity index (χ4n) is 0.934. The lowest BCUT2D eigenvalue weighted by Crippen LogP contribution is -2.02. The van der Waals surface area contributed by atoms with Crippen molar-refractivity contribution in [1.29, 1.82) is 5.26 Å². The Balaban J connectivity index is 3.16. The summed E-state index contributed by atoms with van der Waals surface area (Å²) < 4.78 is 25.8. The third kappa shape index (κ3) is 2.01. The molecule has 1 aromatic rings. The van der Waals surface area contributed by atoms with Gasteiger partial charge >= 0.3 is 0 Å². The number of hydrogen-bond acceptors (Lipinski definition) is 3. The summed E-state index contributed by atoms with van der Waals surface area (Å²) in [6, 6.07) is 2.74. The number of hydrogen-bond donors (Lipinski definition) is 0. The molecule has 0 aliphatic rings. The maximum absolute atomic E-state index is 13.0. The van der Waals surface area contributed by atoms with E-state index in [2.05, 4.69) is 0 Å². The molecule has 0 spiro atoms. The number of benzene rings is 1. The zero-order chi connectivity index (χ0) is 10.7. The predicted octanol–water partition coefficient (Wildman–Crippen LogP) is 1.61. The van der Waals surface area contributed by atoms with Crippen molar-refractivity contribution in [3.63, 3.8) is 0 Å². The van der Waals surface area contributed by atoms with E-state index in [9.17, 15) is 18.9 Å². The Morgan fingerprint density at radius 2 is 2.07 bits per heavy atom. The summed E-state index contributed by atoms with van der Waals surface area (Å²) in [6.45, 7) is -0.797. The van der Waals surface area contributed by atoms with E-state index in [1.807, 2.05) is 0 Å². The van der Waals surface area contributed by atoms with Crippen molar-refractivity contribution in [2.75, 3.05) is 0 Å². The topological polar surface area (TPSA) is 66.9 Å². The monoisotopic (exact) mass is 198 g/mol. The van der Waals surface area contributed by atoms with E-state index in [1.165, 1.54) is 6.07 Å². The number of rotatable bonds is 2. The maximum Gasteiger partial charge on any atom is 0.231 e. The zero-order valence-electron chi connectivity index (χ0n) is 6.83. The van der Waals surface area contributed by atoms with Crippen LogP contribution in [-0.4, -0.2) is 4.92 Å². The van der Waals surface area contributed by atoms with Gasteiger partial charge in [-0.3, -0.25) is 10.1 Å². The first kappa shape index (κ1) is 10.1. The van der Waals surface area contributed by atoms with Crippen molar-refractivity contribution < 1.29 is 13.7 Å². The quantitative estimate of drug-likeness (QED) is 0.535. The second-order valence-electron chi connectivity index (χ2n) is 2.53. The molecule has 4 nitrogen and oxygen atoms in total. The molecule has 14 heavy (non-hydrogen) atoms. The molecular formula is C8H4F2N2O2. The van der Waals surface area contributed by atoms with Crippen LogP contribution in [0.15, 0.2) is 12.1 Å². The van der Waals surface area contributed by atoms with Crippen LogP contribution in [0.3, 0.4) is 0 Å². The predicted molar refractivity (Wildman–Crippen MR) is 41.8 cm³/mol. The molecule has 72 valence electrons. The molecule has 1 aromatic carbocycles. The van der Waals surface area contributed by atoms with Gasteiger partial charge in [-0.2, -0.15) is 5.26 Å². The average Bonchev–Trinajstić information content (AvgIpc) is 2.10. The molecule has 0 aliphatic heterocycles. The van der Waals surface area contributed by atoms with E-state index < -0.39 is 28.7 Å². The Morgan fingerprint density at radius 3 is 2.57 bits per heavy atom. The smallest absolute Gasteiger partial charge is 0.231 e. The van der Waals surface area contributed by atoms with Gasteiger partial charge in [-0.15, -0.1) is 0 Å². The third-order valence-electron chi connectivity index (χ3n) is 1.56. The minimum atomic E-state index is -0.953. The first-order valence-corrected chi connectivity index (χ1v) is 3.54. The molecule has 6 heteroatoms. The Labute approximate surface area is 77.5 Å². The van der Waals surface area contributed by atoms with Gasteiger partial charge in [-0.05, 0) is 12.1 Å². The first-order valence-electron chi connectivity index (χ1n) is 3.54. The summed E-state index contributed by atoms with van der Waals surface area (Å²) in [4.78, 5) is 9.26. The van der Waals surface area contributed by atoms with Gasteiger partial charge in [0.25, 0.3) is 0 Å². The minimum Gasteiger partial charge on any atom is -0.264 e. The molecule has 0 bridgehead atoms. The summed E-state index contributed by atoms with van der Waals surface area (Å²) in [6.07, 6.45) is 0. The summed E-state index contributed by atoms with van der Waals surface area (Å²) in [5.41, 5.74) is -0.832. The SMILES string of the molecule is N#Cc1cc(F)c(C[N+](=O)[O-])cc1F. The minimum absolute atomic E-state index is 0.369. The van der Waals surface area contributed by atoms with Crippen molar-refractivity contribution in [1.82, 2.24) is 0 Å². The second kappa shape index (κ2) is 3.79. The van der Waals surface area contributed by atoms with Crippen LogP contribution in [0.2, 0.25) is 0 Å². The van der Waals surface area contributed by atoms with Crippen LogP contribution in [0.25, 0.3) is 0 Å². The molecule has 1 rings (SSSR count). The number of halogens is 2. The van der Waals surface area contributed by atoms with Gasteiger partial charge < -0.3 is 0 Å². The van der Waals surface area contributed by atoms with Crippen molar-refractivity contribution in [2.45, 2.75) is 6.54 Å². The highest BCUT2D eigenvalue weighted by atomic mass is 19.1. The fourth-order valence-corrected chi connectivity index (χ4v) is 0.934. The highest BCUT2D eigenvalue weighted by molar-refractivity contribution is 5.34. The van der Waals surface area contributed by atoms with Crippen molar-refractivity contribution in [3.8, 4) is 6.07 Å². The van der Waals surface area contributed by atoms with Crippen molar-refractivity contribution in [3.05, 3.63) is 45.0 Å². The lowest BCUT2D eigenvalue weighted by molar-refractivity contribution is -0.497. The third-order valence-corrected chi connectivity index (χ3v) is 1.56. The first-order chi connectivity index (χ1) is 6.54. The van der Waals surface area contributed by atoms with E-state index >= 15 is 0 Å². The van der Waals surface area contributed by atoms with E-state index in [0.29, 0.717) is 12.1 Å². The Hall–Kier alpha value is -2.03. The van der Waals surface area contributed by atoms with Crippen LogP contribution in [0.5, 0.6) is 0 Å². The summed E-state index contributed by atoms with van der Waals surface area (Å²) in [5.74, 6) is -1.90. The van der Waals surface area contributed by atoms with Gasteiger partial charge in [0.05, 0.1) is 11.1 Å². The Bertz CT molecular complexity index is 426. The van der Waals surface area contributed by atoms with E-state index in [4.69, 9.17) is 5.26 Å². The summed E-state index contributed by atoms with van der Waals surface area (Å²) in [7, 11) is 0. The highest BCUT2D eigenvalue weighted by Crippen LogP contribution is 2.14. The van der Waals surface area contributed by atoms with Crippen LogP contribution in [0, 0.1) is 33.1 Å². The second-order valence-corrected chi connectivity index (χ2v) is 2.53. The van der Waals surface area contributed by atoms with Crippen LogP contribution in [0.4, 0.5) is 8.78 Å². The highest BCUT2D eigenvalue weighted by Gasteiger charge is 2.13. The molecule has 0 radical (unpaired) electrons. The molecule has 0 amide bonds. The largest absolute Gasteiger partial charge is 0.264 e. The maximum atomic E-state index is 13.0. The Morgan fingerprint density at radius 1 is 1.43 bits per heavy atom. The van der Waals surface area contributed by atoms with Crippen LogP contribution in [0.1, 0.15) is 11.1 Å². The molecule has 0 N–H and O–H groups in total. The van der Waals surface area contributed by atoms with Gasteiger partial charge in [-0.1, -0.05) is 0 Å². The van der Waals surface area contributed by atoms with E-state index in [0.717, 1.165) is 0 Å². The number of nitro groups is 1. The van der Waals surface area contributed by atoms with Crippen LogP contribution in [-0.2, 0) is 6.54 Å². The van der Waals surface area contributed by atoms with Crippen LogP contribution < -0.4 is 0 Å². The lowest BCUT2D eigenvalue weighted by atomic mass is 10.1. The standard InChI is InChI=1S/C8H4F2N2O2/c9-7-2-6(4-12(13)14)8(10)1-5(7)3-11/h1-2H,4H2. The summed E-state index contributed by atoms with van der Waals surface area (Å²) in [5, 5.41) is 18.4. The summed E-state index contributed by atoms with van der Waals surface area (Å²) >= 11 is 0. The van der Waals surface area contributed by atoms with E-state index in [-0.39, 0.29) is 5.56 Å². The lowest BCUT2D eigenvalue weighted by Gasteiger charge is -1.99. The molecule has 0 unspecified atom stereocenters. The normalized spacial score (nSPS) is 9.50. The Kier molecular flexibility index (Phi) is 2.72. The molecular weight excluding hydrogens is 194 g/mol. The molecule has 0 aliphatic carbocycles. The number of nitrogens with zero attached hydrogens (tertiary/aromatic N) is 2. The van der Waals surface area contributed by atoms with Gasteiger partial charge in [-0.25, -0.2) is 8.78 Å². The van der Waals surface area contributed by atoms with E-state index in [1.54, 1.807) is 0 Å². The molecule has 0 aromatic heterocycles. The van der Waals surface area contributed by atoms with Gasteiger partial charge in [0.15, 0.2) is 0 Å². The van der Waals surface area contributed by atoms with Gasteiger partial charge in [0, 0.05) is 4.92 Å². The number of nitriles is 1. The molecule has 0 fully saturated rings. The van der Waals surface area contributed by atoms with Gasteiger partial charge in [0.1, 0.15) is 17.7 Å². The van der Waals surface area contributed by atoms with Crippen LogP contribution >= 0.6 is 0 Å². The molecule has 0 saturated heterocycles. The van der Waals surface area contributed by atoms with Crippen molar-refractivity contribution >= 4 is 0 Å². The average molecular weight is 198 g/mol. The van der Waals surface area contributed by atoms with Crippen molar-refractivity contribution in [2.24, 2.45) is 0 Å². The molecule has 0 saturated carbocycles. The van der Waals surface area contributed by atoms with Gasteiger partial charge in [0.2, 0.25) is 6.54 Å². The molecule has 0 heterocycles. The zero-order valence-corrected chi connectivity index (χ0v) is 6.83. The molecule has 0 atom stereocenters.